The molecule has 1 heterocycles. The van der Waals surface area contributed by atoms with Crippen LogP contribution in [0.1, 0.15) is 42.2 Å². The van der Waals surface area contributed by atoms with Gasteiger partial charge < -0.3 is 9.84 Å². The smallest absolute Gasteiger partial charge is 0.343 e. The monoisotopic (exact) mass is 655 g/mol. The summed E-state index contributed by atoms with van der Waals surface area (Å²) < 4.78 is 33.2. The Balaban J connectivity index is 0.000000257. The number of rotatable bonds is 5. The van der Waals surface area contributed by atoms with Crippen molar-refractivity contribution in [3.8, 4) is 0 Å². The third-order valence-electron chi connectivity index (χ3n) is 8.03. The summed E-state index contributed by atoms with van der Waals surface area (Å²) in [5.74, 6) is -2.23. The second-order valence-electron chi connectivity index (χ2n) is 11.1. The van der Waals surface area contributed by atoms with E-state index in [1.165, 1.54) is 19.2 Å². The lowest BCUT2D eigenvalue weighted by Gasteiger charge is -2.30. The Morgan fingerprint density at radius 1 is 0.667 bits per heavy atom. The molecule has 0 fully saturated rings. The molecule has 0 amide bonds. The standard InChI is InChI=1S/C28H21NO5S.C11H8O2/c1-18-11-13-20(14-12-18)26(30)25-27(23-9-5-6-10-24(23)35(32,33)29(25)2)34-28(31)22-16-15-19-7-3-4-8-21(19)17-22;12-11(13)10-7-3-5-8-4-1-2-6-9(8)10/h3-17H,1-2H3;1-7H,(H,12,13). The first-order chi connectivity index (χ1) is 23.1. The van der Waals surface area contributed by atoms with Gasteiger partial charge in [0, 0.05) is 18.2 Å². The van der Waals surface area contributed by atoms with Crippen LogP contribution in [-0.2, 0) is 14.8 Å². The van der Waals surface area contributed by atoms with Gasteiger partial charge in [-0.25, -0.2) is 18.0 Å². The first-order valence-electron chi connectivity index (χ1n) is 14.9. The lowest BCUT2D eigenvalue weighted by molar-refractivity contribution is 0.0680. The van der Waals surface area contributed by atoms with Crippen molar-refractivity contribution >= 4 is 55.0 Å². The molecule has 1 aliphatic heterocycles. The second-order valence-corrected chi connectivity index (χ2v) is 13.1. The summed E-state index contributed by atoms with van der Waals surface area (Å²) in [7, 11) is -2.74. The number of nitrogens with zero attached hydrogens (tertiary/aromatic N) is 1. The van der Waals surface area contributed by atoms with E-state index < -0.39 is 27.7 Å². The van der Waals surface area contributed by atoms with Gasteiger partial charge in [0.25, 0.3) is 10.0 Å². The van der Waals surface area contributed by atoms with Gasteiger partial charge in [-0.1, -0.05) is 109 Å². The average Bonchev–Trinajstić information content (AvgIpc) is 3.10. The number of ether oxygens (including phenoxy) is 1. The fourth-order valence-corrected chi connectivity index (χ4v) is 6.88. The number of carboxylic acids is 1. The fourth-order valence-electron chi connectivity index (χ4n) is 5.49. The number of fused-ring (bicyclic) bond motifs is 3. The van der Waals surface area contributed by atoms with Crippen molar-refractivity contribution < 1.29 is 32.6 Å². The number of hydrogen-bond acceptors (Lipinski definition) is 6. The highest BCUT2D eigenvalue weighted by atomic mass is 32.2. The number of carboxylic acid groups (broad SMARTS) is 1. The molecule has 238 valence electrons. The minimum Gasteiger partial charge on any atom is -0.478 e. The summed E-state index contributed by atoms with van der Waals surface area (Å²) in [6.45, 7) is 1.89. The zero-order valence-electron chi connectivity index (χ0n) is 26.0. The second kappa shape index (κ2) is 13.0. The van der Waals surface area contributed by atoms with Gasteiger partial charge in [0.2, 0.25) is 5.78 Å². The number of carbonyl (C=O) groups excluding carboxylic acids is 2. The number of hydrogen-bond donors (Lipinski definition) is 1. The molecule has 6 aromatic carbocycles. The zero-order valence-corrected chi connectivity index (χ0v) is 26.8. The molecule has 0 radical (unpaired) electrons. The number of carbonyl (C=O) groups is 3. The Morgan fingerprint density at radius 2 is 1.27 bits per heavy atom. The first-order valence-corrected chi connectivity index (χ1v) is 16.4. The molecule has 0 atom stereocenters. The number of allylic oxidation sites excluding steroid dienone is 1. The molecule has 48 heavy (non-hydrogen) atoms. The maximum absolute atomic E-state index is 13.6. The number of likely N-dealkylation sites (N-methyl/N-ethyl adjacent to an activating group) is 1. The molecular formula is C39H29NO7S. The summed E-state index contributed by atoms with van der Waals surface area (Å²) in [6.07, 6.45) is 0. The normalized spacial score (nSPS) is 13.3. The van der Waals surface area contributed by atoms with Crippen molar-refractivity contribution in [1.29, 1.82) is 0 Å². The average molecular weight is 656 g/mol. The summed E-state index contributed by atoms with van der Waals surface area (Å²) in [5.41, 5.74) is 1.82. The van der Waals surface area contributed by atoms with Gasteiger partial charge in [-0.2, -0.15) is 0 Å². The van der Waals surface area contributed by atoms with Gasteiger partial charge >= 0.3 is 11.9 Å². The van der Waals surface area contributed by atoms with Crippen LogP contribution in [0.4, 0.5) is 0 Å². The van der Waals surface area contributed by atoms with Gasteiger partial charge in [-0.05, 0) is 58.8 Å². The molecule has 1 aliphatic rings. The molecule has 0 saturated carbocycles. The van der Waals surface area contributed by atoms with E-state index in [1.54, 1.807) is 60.7 Å². The Hall–Kier alpha value is -6.06. The van der Waals surface area contributed by atoms with Crippen LogP contribution in [0.2, 0.25) is 0 Å². The van der Waals surface area contributed by atoms with Gasteiger partial charge in [0.1, 0.15) is 5.70 Å². The van der Waals surface area contributed by atoms with Crippen molar-refractivity contribution in [1.82, 2.24) is 4.31 Å². The number of sulfonamides is 1. The van der Waals surface area contributed by atoms with Gasteiger partial charge in [-0.15, -0.1) is 0 Å². The quantitative estimate of drug-likeness (QED) is 0.149. The molecule has 1 N–H and O–H groups in total. The van der Waals surface area contributed by atoms with E-state index in [4.69, 9.17) is 9.84 Å². The molecule has 8 nitrogen and oxygen atoms in total. The van der Waals surface area contributed by atoms with Crippen molar-refractivity contribution in [3.05, 3.63) is 167 Å². The number of aryl methyl sites for hydroxylation is 1. The largest absolute Gasteiger partial charge is 0.478 e. The zero-order chi connectivity index (χ0) is 34.0. The first kappa shape index (κ1) is 31.9. The fraction of sp³-hybridized carbons (Fsp3) is 0.0513. The summed E-state index contributed by atoms with van der Waals surface area (Å²) in [5, 5.41) is 12.5. The van der Waals surface area contributed by atoms with Gasteiger partial charge in [0.15, 0.2) is 5.76 Å². The Kier molecular flexibility index (Phi) is 8.63. The Morgan fingerprint density at radius 3 is 2.00 bits per heavy atom. The molecule has 6 aromatic rings. The van der Waals surface area contributed by atoms with E-state index in [2.05, 4.69) is 0 Å². The SMILES string of the molecule is Cc1ccc(C(=O)C2=C(OC(=O)c3ccc4ccccc4c3)c3ccccc3S(=O)(=O)N2C)cc1.O=C(O)c1cccc2ccccc12. The van der Waals surface area contributed by atoms with Crippen molar-refractivity contribution in [2.75, 3.05) is 7.05 Å². The van der Waals surface area contributed by atoms with Crippen LogP contribution in [0, 0.1) is 6.92 Å². The third-order valence-corrected chi connectivity index (χ3v) is 9.84. The number of esters is 1. The molecule has 0 spiro atoms. The number of ketones is 1. The van der Waals surface area contributed by atoms with Crippen LogP contribution in [0.25, 0.3) is 27.3 Å². The van der Waals surface area contributed by atoms with Gasteiger partial charge in [-0.3, -0.25) is 9.10 Å². The summed E-state index contributed by atoms with van der Waals surface area (Å²) in [6, 6.07) is 38.4. The van der Waals surface area contributed by atoms with Crippen LogP contribution in [0.15, 0.2) is 144 Å². The molecule has 0 bridgehead atoms. The van der Waals surface area contributed by atoms with Crippen molar-refractivity contribution in [3.63, 3.8) is 0 Å². The third kappa shape index (κ3) is 6.06. The predicted octanol–water partition coefficient (Wildman–Crippen LogP) is 7.73. The number of aromatic carboxylic acids is 1. The Labute approximate surface area is 277 Å². The highest BCUT2D eigenvalue weighted by Crippen LogP contribution is 2.38. The molecule has 0 aliphatic carbocycles. The van der Waals surface area contributed by atoms with E-state index in [-0.39, 0.29) is 33.0 Å². The minimum atomic E-state index is -4.03. The number of Topliss-reactive ketones (excluding diaryl/α,β-unsaturated/α-hetero) is 1. The summed E-state index contributed by atoms with van der Waals surface area (Å²) in [4.78, 5) is 37.6. The van der Waals surface area contributed by atoms with Crippen molar-refractivity contribution in [2.45, 2.75) is 11.8 Å². The van der Waals surface area contributed by atoms with E-state index >= 15 is 0 Å². The maximum Gasteiger partial charge on any atom is 0.343 e. The molecule has 0 unspecified atom stereocenters. The van der Waals surface area contributed by atoms with Crippen LogP contribution < -0.4 is 0 Å². The molecule has 7 rings (SSSR count). The molecule has 9 heteroatoms. The minimum absolute atomic E-state index is 0.0377. The van der Waals surface area contributed by atoms with E-state index in [0.29, 0.717) is 5.56 Å². The van der Waals surface area contributed by atoms with Crippen molar-refractivity contribution in [2.24, 2.45) is 0 Å². The van der Waals surface area contributed by atoms with Gasteiger partial charge in [0.05, 0.1) is 16.0 Å². The number of benzene rings is 6. The van der Waals surface area contributed by atoms with Crippen LogP contribution in [0.3, 0.4) is 0 Å². The molecule has 0 aromatic heterocycles. The molecule has 0 saturated heterocycles. The maximum atomic E-state index is 13.6. The molecular weight excluding hydrogens is 626 g/mol. The lowest BCUT2D eigenvalue weighted by atomic mass is 10.0. The van der Waals surface area contributed by atoms with Crippen LogP contribution >= 0.6 is 0 Å². The Bertz CT molecular complexity index is 2370. The van der Waals surface area contributed by atoms with E-state index in [0.717, 1.165) is 31.4 Å². The summed E-state index contributed by atoms with van der Waals surface area (Å²) >= 11 is 0. The topological polar surface area (TPSA) is 118 Å². The highest BCUT2D eigenvalue weighted by Gasteiger charge is 2.39. The predicted molar refractivity (Wildman–Crippen MR) is 184 cm³/mol. The van der Waals surface area contributed by atoms with E-state index in [9.17, 15) is 22.8 Å². The van der Waals surface area contributed by atoms with Crippen LogP contribution in [0.5, 0.6) is 0 Å². The highest BCUT2D eigenvalue weighted by molar-refractivity contribution is 7.89. The van der Waals surface area contributed by atoms with Crippen LogP contribution in [-0.4, -0.2) is 42.6 Å². The lowest BCUT2D eigenvalue weighted by Crippen LogP contribution is -2.36. The van der Waals surface area contributed by atoms with E-state index in [1.807, 2.05) is 67.6 Å².